The number of nitrogens with zero attached hydrogens (tertiary/aromatic N) is 2. The van der Waals surface area contributed by atoms with Crippen molar-refractivity contribution in [2.75, 3.05) is 0 Å². The average Bonchev–Trinajstić information content (AvgIpc) is 2.90. The molecule has 0 spiro atoms. The summed E-state index contributed by atoms with van der Waals surface area (Å²) in [4.78, 5) is 27.0. The fourth-order valence-electron chi connectivity index (χ4n) is 1.68. The van der Waals surface area contributed by atoms with Crippen molar-refractivity contribution in [3.8, 4) is 0 Å². The SMILES string of the molecule is O=C(O)O.O=C1CCCC1.c1ccc2nccnc2c1. The molecule has 1 aliphatic carbocycles. The normalized spacial score (nSPS) is 12.9. The van der Waals surface area contributed by atoms with Crippen LogP contribution in [-0.2, 0) is 4.79 Å². The molecule has 1 aliphatic rings. The molecular weight excluding hydrogens is 260 g/mol. The predicted octanol–water partition coefficient (Wildman–Crippen LogP) is 2.98. The Hall–Kier alpha value is -2.50. The highest BCUT2D eigenvalue weighted by Gasteiger charge is 2.07. The van der Waals surface area contributed by atoms with E-state index in [1.165, 1.54) is 0 Å². The summed E-state index contributed by atoms with van der Waals surface area (Å²) in [5, 5.41) is 13.9. The number of Topliss-reactive ketones (excluding diaryl/α,β-unsaturated/α-hetero) is 1. The Labute approximate surface area is 116 Å². The predicted molar refractivity (Wildman–Crippen MR) is 73.7 cm³/mol. The topological polar surface area (TPSA) is 100 Å². The molecule has 1 saturated carbocycles. The van der Waals surface area contributed by atoms with Crippen LogP contribution < -0.4 is 0 Å². The highest BCUT2D eigenvalue weighted by Crippen LogP contribution is 2.11. The number of carbonyl (C=O) groups is 2. The smallest absolute Gasteiger partial charge is 0.450 e. The lowest BCUT2D eigenvalue weighted by atomic mass is 10.3. The van der Waals surface area contributed by atoms with Crippen LogP contribution in [0.15, 0.2) is 36.7 Å². The Kier molecular flexibility index (Phi) is 6.67. The van der Waals surface area contributed by atoms with E-state index in [-0.39, 0.29) is 0 Å². The summed E-state index contributed by atoms with van der Waals surface area (Å²) in [6.45, 7) is 0. The second kappa shape index (κ2) is 8.58. The summed E-state index contributed by atoms with van der Waals surface area (Å²) in [5.41, 5.74) is 1.90. The fraction of sp³-hybridized carbons (Fsp3) is 0.286. The Bertz CT molecular complexity index is 494. The maximum atomic E-state index is 10.2. The third kappa shape index (κ3) is 6.44. The maximum absolute atomic E-state index is 10.2. The van der Waals surface area contributed by atoms with Crippen molar-refractivity contribution in [2.24, 2.45) is 0 Å². The highest BCUT2D eigenvalue weighted by molar-refractivity contribution is 5.80. The van der Waals surface area contributed by atoms with Gasteiger partial charge < -0.3 is 10.2 Å². The molecule has 1 heterocycles. The van der Waals surface area contributed by atoms with Crippen molar-refractivity contribution in [1.29, 1.82) is 0 Å². The molecule has 0 saturated heterocycles. The molecule has 0 atom stereocenters. The second-order valence-electron chi connectivity index (χ2n) is 4.07. The maximum Gasteiger partial charge on any atom is 0.503 e. The molecule has 1 aromatic heterocycles. The Morgan fingerprint density at radius 1 is 0.950 bits per heavy atom. The van der Waals surface area contributed by atoms with Crippen molar-refractivity contribution >= 4 is 23.0 Å². The Balaban J connectivity index is 0.000000172. The number of rotatable bonds is 0. The van der Waals surface area contributed by atoms with Crippen LogP contribution >= 0.6 is 0 Å². The van der Waals surface area contributed by atoms with E-state index in [2.05, 4.69) is 9.97 Å². The monoisotopic (exact) mass is 276 g/mol. The van der Waals surface area contributed by atoms with Gasteiger partial charge in [0.15, 0.2) is 0 Å². The minimum absolute atomic E-state index is 0.454. The molecule has 6 nitrogen and oxygen atoms in total. The number of aromatic nitrogens is 2. The molecule has 0 bridgehead atoms. The molecule has 106 valence electrons. The third-order valence-corrected chi connectivity index (χ3v) is 2.54. The van der Waals surface area contributed by atoms with Crippen molar-refractivity contribution in [1.82, 2.24) is 9.97 Å². The van der Waals surface area contributed by atoms with Crippen molar-refractivity contribution in [2.45, 2.75) is 25.7 Å². The zero-order valence-electron chi connectivity index (χ0n) is 10.9. The number of hydrogen-bond donors (Lipinski definition) is 2. The lowest BCUT2D eigenvalue weighted by Crippen LogP contribution is -1.81. The lowest BCUT2D eigenvalue weighted by Gasteiger charge is -1.90. The van der Waals surface area contributed by atoms with E-state index in [1.54, 1.807) is 12.4 Å². The van der Waals surface area contributed by atoms with Crippen molar-refractivity contribution in [3.63, 3.8) is 0 Å². The van der Waals surface area contributed by atoms with E-state index < -0.39 is 6.16 Å². The summed E-state index contributed by atoms with van der Waals surface area (Å²) in [6, 6.07) is 7.80. The lowest BCUT2D eigenvalue weighted by molar-refractivity contribution is -0.117. The first-order valence-corrected chi connectivity index (χ1v) is 6.19. The number of para-hydroxylation sites is 2. The quantitative estimate of drug-likeness (QED) is 0.767. The zero-order chi connectivity index (χ0) is 14.8. The van der Waals surface area contributed by atoms with Gasteiger partial charge in [-0.25, -0.2) is 4.79 Å². The van der Waals surface area contributed by atoms with Crippen LogP contribution in [-0.4, -0.2) is 32.1 Å². The molecule has 1 fully saturated rings. The molecule has 1 aromatic carbocycles. The van der Waals surface area contributed by atoms with E-state index in [0.29, 0.717) is 5.78 Å². The van der Waals surface area contributed by atoms with E-state index in [1.807, 2.05) is 24.3 Å². The first kappa shape index (κ1) is 15.6. The summed E-state index contributed by atoms with van der Waals surface area (Å²) in [6.07, 6.45) is 5.53. The fourth-order valence-corrected chi connectivity index (χ4v) is 1.68. The number of benzene rings is 1. The van der Waals surface area contributed by atoms with Gasteiger partial charge in [-0.3, -0.25) is 14.8 Å². The Morgan fingerprint density at radius 2 is 1.35 bits per heavy atom. The van der Waals surface area contributed by atoms with E-state index >= 15 is 0 Å². The van der Waals surface area contributed by atoms with Gasteiger partial charge in [0.05, 0.1) is 11.0 Å². The van der Waals surface area contributed by atoms with Gasteiger partial charge in [0, 0.05) is 25.2 Å². The van der Waals surface area contributed by atoms with E-state index in [9.17, 15) is 4.79 Å². The first-order chi connectivity index (χ1) is 9.59. The summed E-state index contributed by atoms with van der Waals surface area (Å²) < 4.78 is 0. The molecule has 20 heavy (non-hydrogen) atoms. The minimum atomic E-state index is -1.83. The van der Waals surface area contributed by atoms with Crippen LogP contribution in [0.1, 0.15) is 25.7 Å². The van der Waals surface area contributed by atoms with E-state index in [0.717, 1.165) is 36.7 Å². The van der Waals surface area contributed by atoms with Crippen LogP contribution in [0.4, 0.5) is 4.79 Å². The number of carboxylic acid groups (broad SMARTS) is 2. The van der Waals surface area contributed by atoms with Crippen LogP contribution in [0.25, 0.3) is 11.0 Å². The number of carbonyl (C=O) groups excluding carboxylic acids is 1. The van der Waals surface area contributed by atoms with E-state index in [4.69, 9.17) is 15.0 Å². The molecule has 0 unspecified atom stereocenters. The molecule has 2 N–H and O–H groups in total. The standard InChI is InChI=1S/C8H6N2.C5H8O.CH2O3/c1-2-4-8-7(3-1)9-5-6-10-8;6-5-3-1-2-4-5;2-1(3)4/h1-6H;1-4H2;(H2,2,3,4). The highest BCUT2D eigenvalue weighted by atomic mass is 16.6. The van der Waals surface area contributed by atoms with Gasteiger partial charge in [-0.15, -0.1) is 0 Å². The molecule has 3 rings (SSSR count). The van der Waals surface area contributed by atoms with Gasteiger partial charge in [-0.2, -0.15) is 0 Å². The van der Waals surface area contributed by atoms with Gasteiger partial charge in [-0.1, -0.05) is 12.1 Å². The summed E-state index contributed by atoms with van der Waals surface area (Å²) in [7, 11) is 0. The number of ketones is 1. The second-order valence-corrected chi connectivity index (χ2v) is 4.07. The minimum Gasteiger partial charge on any atom is -0.450 e. The van der Waals surface area contributed by atoms with Crippen LogP contribution in [0.3, 0.4) is 0 Å². The molecular formula is C14H16N2O4. The number of hydrogen-bond acceptors (Lipinski definition) is 4. The molecule has 6 heteroatoms. The third-order valence-electron chi connectivity index (χ3n) is 2.54. The molecule has 2 aromatic rings. The van der Waals surface area contributed by atoms with Gasteiger partial charge in [0.25, 0.3) is 0 Å². The van der Waals surface area contributed by atoms with Crippen molar-refractivity contribution in [3.05, 3.63) is 36.7 Å². The zero-order valence-corrected chi connectivity index (χ0v) is 10.9. The van der Waals surface area contributed by atoms with Crippen LogP contribution in [0, 0.1) is 0 Å². The average molecular weight is 276 g/mol. The molecule has 0 amide bonds. The number of fused-ring (bicyclic) bond motifs is 1. The van der Waals surface area contributed by atoms with Gasteiger partial charge in [0.1, 0.15) is 5.78 Å². The van der Waals surface area contributed by atoms with Gasteiger partial charge in [0.2, 0.25) is 0 Å². The summed E-state index contributed by atoms with van der Waals surface area (Å²) >= 11 is 0. The van der Waals surface area contributed by atoms with Crippen LogP contribution in [0.5, 0.6) is 0 Å². The van der Waals surface area contributed by atoms with Gasteiger partial charge >= 0.3 is 6.16 Å². The summed E-state index contributed by atoms with van der Waals surface area (Å²) in [5.74, 6) is 0.454. The first-order valence-electron chi connectivity index (χ1n) is 6.19. The van der Waals surface area contributed by atoms with Gasteiger partial charge in [-0.05, 0) is 25.0 Å². The Morgan fingerprint density at radius 3 is 1.65 bits per heavy atom. The van der Waals surface area contributed by atoms with Crippen molar-refractivity contribution < 1.29 is 19.8 Å². The molecule has 0 aliphatic heterocycles. The molecule has 0 radical (unpaired) electrons. The van der Waals surface area contributed by atoms with Crippen LogP contribution in [0.2, 0.25) is 0 Å². The largest absolute Gasteiger partial charge is 0.503 e.